The Morgan fingerprint density at radius 3 is 2.50 bits per heavy atom. The third-order valence-electron chi connectivity index (χ3n) is 4.27. The lowest BCUT2D eigenvalue weighted by Gasteiger charge is -2.39. The SMILES string of the molecule is CCOC(=O)C1(Oc2c(OC)c(OC)nc3ccccc23)CCC1. The molecule has 6 heteroatoms. The number of hydrogen-bond donors (Lipinski definition) is 0. The summed E-state index contributed by atoms with van der Waals surface area (Å²) in [7, 11) is 3.05. The van der Waals surface area contributed by atoms with E-state index >= 15 is 0 Å². The minimum atomic E-state index is -0.960. The van der Waals surface area contributed by atoms with Gasteiger partial charge in [-0.1, -0.05) is 12.1 Å². The molecule has 24 heavy (non-hydrogen) atoms. The van der Waals surface area contributed by atoms with Crippen molar-refractivity contribution in [1.82, 2.24) is 4.98 Å². The Labute approximate surface area is 140 Å². The predicted octanol–water partition coefficient (Wildman–Crippen LogP) is 3.12. The number of fused-ring (bicyclic) bond motifs is 1. The lowest BCUT2D eigenvalue weighted by molar-refractivity contribution is -0.169. The highest BCUT2D eigenvalue weighted by Gasteiger charge is 2.49. The molecular formula is C18H21NO5. The molecule has 1 heterocycles. The zero-order valence-corrected chi connectivity index (χ0v) is 14.1. The first-order valence-corrected chi connectivity index (χ1v) is 8.02. The number of methoxy groups -OCH3 is 2. The van der Waals surface area contributed by atoms with E-state index in [4.69, 9.17) is 18.9 Å². The maximum atomic E-state index is 12.4. The normalized spacial score (nSPS) is 15.5. The summed E-state index contributed by atoms with van der Waals surface area (Å²) in [6.45, 7) is 2.11. The molecule has 0 bridgehead atoms. The van der Waals surface area contributed by atoms with Crippen LogP contribution in [0.4, 0.5) is 0 Å². The minimum Gasteiger partial charge on any atom is -0.489 e. The van der Waals surface area contributed by atoms with Gasteiger partial charge in [0.25, 0.3) is 5.88 Å². The maximum absolute atomic E-state index is 12.4. The van der Waals surface area contributed by atoms with Gasteiger partial charge in [0, 0.05) is 5.39 Å². The number of hydrogen-bond acceptors (Lipinski definition) is 6. The molecule has 0 spiro atoms. The van der Waals surface area contributed by atoms with E-state index in [1.807, 2.05) is 24.3 Å². The summed E-state index contributed by atoms with van der Waals surface area (Å²) in [5.74, 6) is 0.835. The summed E-state index contributed by atoms with van der Waals surface area (Å²) in [5, 5.41) is 0.769. The van der Waals surface area contributed by atoms with Crippen molar-refractivity contribution >= 4 is 16.9 Å². The lowest BCUT2D eigenvalue weighted by Crippen LogP contribution is -2.51. The summed E-state index contributed by atoms with van der Waals surface area (Å²) < 4.78 is 22.2. The topological polar surface area (TPSA) is 66.9 Å². The van der Waals surface area contributed by atoms with Crippen molar-refractivity contribution in [2.45, 2.75) is 31.8 Å². The molecule has 6 nitrogen and oxygen atoms in total. The number of pyridine rings is 1. The van der Waals surface area contributed by atoms with Gasteiger partial charge in [0.05, 0.1) is 26.3 Å². The van der Waals surface area contributed by atoms with Gasteiger partial charge in [-0.3, -0.25) is 0 Å². The highest BCUT2D eigenvalue weighted by atomic mass is 16.6. The van der Waals surface area contributed by atoms with Crippen LogP contribution in [0.15, 0.2) is 24.3 Å². The van der Waals surface area contributed by atoms with Crippen LogP contribution in [0.2, 0.25) is 0 Å². The number of carbonyl (C=O) groups excluding carboxylic acids is 1. The first-order chi connectivity index (χ1) is 11.6. The zero-order chi connectivity index (χ0) is 17.2. The summed E-state index contributed by atoms with van der Waals surface area (Å²) in [4.78, 5) is 16.8. The van der Waals surface area contributed by atoms with Gasteiger partial charge in [-0.05, 0) is 38.3 Å². The molecule has 0 radical (unpaired) electrons. The molecule has 2 aromatic rings. The van der Waals surface area contributed by atoms with Crippen LogP contribution in [0.3, 0.4) is 0 Å². The third kappa shape index (κ3) is 2.62. The summed E-state index contributed by atoms with van der Waals surface area (Å²) >= 11 is 0. The Morgan fingerprint density at radius 1 is 1.17 bits per heavy atom. The molecule has 0 N–H and O–H groups in total. The predicted molar refractivity (Wildman–Crippen MR) is 88.7 cm³/mol. The molecule has 1 aromatic carbocycles. The molecule has 0 saturated heterocycles. The van der Waals surface area contributed by atoms with Crippen molar-refractivity contribution in [2.75, 3.05) is 20.8 Å². The second-order valence-electron chi connectivity index (χ2n) is 5.67. The molecule has 0 amide bonds. The number of carbonyl (C=O) groups is 1. The zero-order valence-electron chi connectivity index (χ0n) is 14.1. The van der Waals surface area contributed by atoms with Crippen molar-refractivity contribution < 1.29 is 23.7 Å². The Bertz CT molecular complexity index is 754. The van der Waals surface area contributed by atoms with Gasteiger partial charge in [0.15, 0.2) is 5.75 Å². The van der Waals surface area contributed by atoms with Crippen molar-refractivity contribution in [3.63, 3.8) is 0 Å². The molecule has 0 atom stereocenters. The van der Waals surface area contributed by atoms with Crippen LogP contribution in [0.25, 0.3) is 10.9 Å². The monoisotopic (exact) mass is 331 g/mol. The second kappa shape index (κ2) is 6.55. The number of benzene rings is 1. The van der Waals surface area contributed by atoms with E-state index in [2.05, 4.69) is 4.98 Å². The number of esters is 1. The van der Waals surface area contributed by atoms with Crippen LogP contribution in [0, 0.1) is 0 Å². The first kappa shape index (κ1) is 16.4. The van der Waals surface area contributed by atoms with Crippen LogP contribution >= 0.6 is 0 Å². The van der Waals surface area contributed by atoms with Crippen molar-refractivity contribution in [2.24, 2.45) is 0 Å². The Kier molecular flexibility index (Phi) is 4.46. The van der Waals surface area contributed by atoms with Gasteiger partial charge in [-0.2, -0.15) is 0 Å². The number of nitrogens with zero attached hydrogens (tertiary/aromatic N) is 1. The van der Waals surface area contributed by atoms with Gasteiger partial charge in [0.1, 0.15) is 0 Å². The smallest absolute Gasteiger partial charge is 0.350 e. The molecule has 1 saturated carbocycles. The van der Waals surface area contributed by atoms with Gasteiger partial charge < -0.3 is 18.9 Å². The molecule has 0 unspecified atom stereocenters. The largest absolute Gasteiger partial charge is 0.489 e. The van der Waals surface area contributed by atoms with Crippen molar-refractivity contribution in [3.05, 3.63) is 24.3 Å². The number of rotatable bonds is 6. The van der Waals surface area contributed by atoms with Crippen molar-refractivity contribution in [3.8, 4) is 17.4 Å². The highest BCUT2D eigenvalue weighted by molar-refractivity contribution is 5.90. The minimum absolute atomic E-state index is 0.321. The average Bonchev–Trinajstić information content (AvgIpc) is 2.57. The van der Waals surface area contributed by atoms with Gasteiger partial charge in [0.2, 0.25) is 11.4 Å². The molecule has 1 aliphatic rings. The molecule has 0 aliphatic heterocycles. The van der Waals surface area contributed by atoms with E-state index in [0.29, 0.717) is 42.3 Å². The fraction of sp³-hybridized carbons (Fsp3) is 0.444. The van der Waals surface area contributed by atoms with E-state index in [-0.39, 0.29) is 5.97 Å². The average molecular weight is 331 g/mol. The molecule has 128 valence electrons. The summed E-state index contributed by atoms with van der Waals surface area (Å²) in [6, 6.07) is 7.52. The summed E-state index contributed by atoms with van der Waals surface area (Å²) in [5.41, 5.74) is -0.248. The third-order valence-corrected chi connectivity index (χ3v) is 4.27. The highest BCUT2D eigenvalue weighted by Crippen LogP contribution is 2.46. The fourth-order valence-corrected chi connectivity index (χ4v) is 2.87. The number of para-hydroxylation sites is 1. The molecule has 3 rings (SSSR count). The van der Waals surface area contributed by atoms with E-state index in [1.165, 1.54) is 14.2 Å². The second-order valence-corrected chi connectivity index (χ2v) is 5.67. The van der Waals surface area contributed by atoms with E-state index < -0.39 is 5.60 Å². The van der Waals surface area contributed by atoms with E-state index in [0.717, 1.165) is 11.8 Å². The number of ether oxygens (including phenoxy) is 4. The number of aromatic nitrogens is 1. The van der Waals surface area contributed by atoms with Gasteiger partial charge in [-0.15, -0.1) is 0 Å². The maximum Gasteiger partial charge on any atom is 0.350 e. The quantitative estimate of drug-likeness (QED) is 0.758. The van der Waals surface area contributed by atoms with E-state index in [1.54, 1.807) is 6.92 Å². The molecule has 1 fully saturated rings. The van der Waals surface area contributed by atoms with Crippen LogP contribution in [0.1, 0.15) is 26.2 Å². The van der Waals surface area contributed by atoms with Crippen molar-refractivity contribution in [1.29, 1.82) is 0 Å². The first-order valence-electron chi connectivity index (χ1n) is 8.02. The summed E-state index contributed by atoms with van der Waals surface area (Å²) in [6.07, 6.45) is 2.16. The van der Waals surface area contributed by atoms with Crippen LogP contribution in [0.5, 0.6) is 17.4 Å². The Hall–Kier alpha value is -2.50. The molecular weight excluding hydrogens is 310 g/mol. The standard InChI is InChI=1S/C18H21NO5/c1-4-23-17(20)18(10-7-11-18)24-14-12-8-5-6-9-13(12)19-16(22-3)15(14)21-2/h5-6,8-9H,4,7,10-11H2,1-3H3. The van der Waals surface area contributed by atoms with Gasteiger partial charge >= 0.3 is 5.97 Å². The van der Waals surface area contributed by atoms with E-state index in [9.17, 15) is 4.79 Å². The lowest BCUT2D eigenvalue weighted by atomic mass is 9.80. The van der Waals surface area contributed by atoms with Crippen LogP contribution in [-0.4, -0.2) is 37.4 Å². The van der Waals surface area contributed by atoms with Crippen LogP contribution in [-0.2, 0) is 9.53 Å². The fourth-order valence-electron chi connectivity index (χ4n) is 2.87. The Morgan fingerprint density at radius 2 is 1.92 bits per heavy atom. The Balaban J connectivity index is 2.12. The molecule has 1 aromatic heterocycles. The van der Waals surface area contributed by atoms with Crippen LogP contribution < -0.4 is 14.2 Å². The van der Waals surface area contributed by atoms with Gasteiger partial charge in [-0.25, -0.2) is 9.78 Å². The molecule has 1 aliphatic carbocycles.